The van der Waals surface area contributed by atoms with Gasteiger partial charge in [-0.1, -0.05) is 12.1 Å². The zero-order valence-electron chi connectivity index (χ0n) is 13.4. The molecule has 1 heterocycles. The summed E-state index contributed by atoms with van der Waals surface area (Å²) in [5, 5.41) is -0.554. The normalized spacial score (nSPS) is 16.0. The monoisotopic (exact) mass is 425 g/mol. The average molecular weight is 426 g/mol. The molecule has 132 valence electrons. The fourth-order valence-electron chi connectivity index (χ4n) is 2.99. The molecule has 2 aromatic rings. The van der Waals surface area contributed by atoms with Gasteiger partial charge in [0, 0.05) is 17.6 Å². The van der Waals surface area contributed by atoms with Gasteiger partial charge in [0.2, 0.25) is 0 Å². The van der Waals surface area contributed by atoms with E-state index in [1.807, 2.05) is 6.07 Å². The molecule has 3 rings (SSSR count). The fraction of sp³-hybridized carbons (Fsp3) is 0.278. The Labute approximate surface area is 154 Å². The number of halogens is 2. The van der Waals surface area contributed by atoms with E-state index in [-0.39, 0.29) is 10.8 Å². The van der Waals surface area contributed by atoms with E-state index in [0.717, 1.165) is 16.6 Å². The summed E-state index contributed by atoms with van der Waals surface area (Å²) in [6.07, 6.45) is 0.742. The van der Waals surface area contributed by atoms with Crippen LogP contribution in [0.25, 0.3) is 0 Å². The van der Waals surface area contributed by atoms with E-state index in [0.29, 0.717) is 31.5 Å². The standard InChI is InChI=1S/C18H17BrFNO3S/c19-17-4-2-1-3-16(17)18(22)21-11-9-15(10-12-21)25(23,24)14-7-5-13(20)6-8-14/h1-8,15H,9-12H2. The minimum Gasteiger partial charge on any atom is -0.339 e. The van der Waals surface area contributed by atoms with Gasteiger partial charge in [0.05, 0.1) is 15.7 Å². The Bertz CT molecular complexity index is 875. The van der Waals surface area contributed by atoms with Crippen molar-refractivity contribution in [3.05, 3.63) is 64.4 Å². The molecule has 0 radical (unpaired) electrons. The lowest BCUT2D eigenvalue weighted by molar-refractivity contribution is 0.0724. The molecule has 0 saturated carbocycles. The minimum atomic E-state index is -3.51. The maximum Gasteiger partial charge on any atom is 0.254 e. The zero-order chi connectivity index (χ0) is 18.0. The van der Waals surface area contributed by atoms with Crippen LogP contribution in [0, 0.1) is 5.82 Å². The summed E-state index contributed by atoms with van der Waals surface area (Å²) in [5.74, 6) is -0.571. The predicted molar refractivity (Wildman–Crippen MR) is 96.7 cm³/mol. The number of hydrogen-bond acceptors (Lipinski definition) is 3. The number of nitrogens with zero attached hydrogens (tertiary/aromatic N) is 1. The third-order valence-electron chi connectivity index (χ3n) is 4.41. The van der Waals surface area contributed by atoms with Gasteiger partial charge < -0.3 is 4.90 Å². The van der Waals surface area contributed by atoms with Crippen molar-refractivity contribution in [2.24, 2.45) is 0 Å². The number of sulfone groups is 1. The van der Waals surface area contributed by atoms with Crippen LogP contribution in [-0.4, -0.2) is 37.6 Å². The topological polar surface area (TPSA) is 54.5 Å². The van der Waals surface area contributed by atoms with Gasteiger partial charge >= 0.3 is 0 Å². The van der Waals surface area contributed by atoms with Crippen molar-refractivity contribution in [3.8, 4) is 0 Å². The van der Waals surface area contributed by atoms with Crippen molar-refractivity contribution in [2.75, 3.05) is 13.1 Å². The highest BCUT2D eigenvalue weighted by atomic mass is 79.9. The molecule has 0 aromatic heterocycles. The van der Waals surface area contributed by atoms with Crippen molar-refractivity contribution in [2.45, 2.75) is 23.0 Å². The van der Waals surface area contributed by atoms with Crippen LogP contribution in [0.4, 0.5) is 4.39 Å². The third-order valence-corrected chi connectivity index (χ3v) is 7.38. The van der Waals surface area contributed by atoms with Gasteiger partial charge in [-0.05, 0) is 65.2 Å². The van der Waals surface area contributed by atoms with Crippen LogP contribution in [0.1, 0.15) is 23.2 Å². The number of benzene rings is 2. The molecule has 1 fully saturated rings. The number of piperidine rings is 1. The zero-order valence-corrected chi connectivity index (χ0v) is 15.8. The van der Waals surface area contributed by atoms with Crippen LogP contribution in [-0.2, 0) is 9.84 Å². The van der Waals surface area contributed by atoms with E-state index < -0.39 is 20.9 Å². The van der Waals surface area contributed by atoms with E-state index in [1.54, 1.807) is 23.1 Å². The van der Waals surface area contributed by atoms with Crippen LogP contribution in [0.3, 0.4) is 0 Å². The van der Waals surface area contributed by atoms with E-state index >= 15 is 0 Å². The van der Waals surface area contributed by atoms with Crippen LogP contribution in [0.15, 0.2) is 57.9 Å². The quantitative estimate of drug-likeness (QED) is 0.704. The summed E-state index contributed by atoms with van der Waals surface area (Å²) >= 11 is 3.37. The Balaban J connectivity index is 1.70. The second-order valence-corrected chi connectivity index (χ2v) is 9.05. The molecule has 0 spiro atoms. The van der Waals surface area contributed by atoms with Gasteiger partial charge in [-0.3, -0.25) is 4.79 Å². The molecule has 1 aliphatic rings. The molecule has 7 heteroatoms. The molecule has 0 N–H and O–H groups in total. The largest absolute Gasteiger partial charge is 0.339 e. The van der Waals surface area contributed by atoms with Gasteiger partial charge in [0.1, 0.15) is 5.82 Å². The summed E-state index contributed by atoms with van der Waals surface area (Å²) in [4.78, 5) is 14.4. The van der Waals surface area contributed by atoms with Crippen molar-refractivity contribution in [3.63, 3.8) is 0 Å². The Morgan fingerprint density at radius 2 is 1.64 bits per heavy atom. The van der Waals surface area contributed by atoms with Crippen LogP contribution < -0.4 is 0 Å². The summed E-state index contributed by atoms with van der Waals surface area (Å²) in [5.41, 5.74) is 0.572. The fourth-order valence-corrected chi connectivity index (χ4v) is 5.18. The van der Waals surface area contributed by atoms with Gasteiger partial charge in [-0.2, -0.15) is 0 Å². The average Bonchev–Trinajstić information content (AvgIpc) is 2.62. The molecule has 25 heavy (non-hydrogen) atoms. The Kier molecular flexibility index (Phi) is 5.24. The molecule has 0 unspecified atom stereocenters. The predicted octanol–water partition coefficient (Wildman–Crippen LogP) is 3.67. The first-order valence-corrected chi connectivity index (χ1v) is 10.3. The third kappa shape index (κ3) is 3.77. The summed E-state index contributed by atoms with van der Waals surface area (Å²) in [7, 11) is -3.51. The number of amides is 1. The number of hydrogen-bond donors (Lipinski definition) is 0. The van der Waals surface area contributed by atoms with Crippen molar-refractivity contribution in [1.29, 1.82) is 0 Å². The molecule has 4 nitrogen and oxygen atoms in total. The highest BCUT2D eigenvalue weighted by Crippen LogP contribution is 2.26. The first kappa shape index (κ1) is 18.1. The molecule has 0 atom stereocenters. The number of likely N-dealkylation sites (tertiary alicyclic amines) is 1. The van der Waals surface area contributed by atoms with Gasteiger partial charge in [-0.15, -0.1) is 0 Å². The summed E-state index contributed by atoms with van der Waals surface area (Å²) in [6, 6.07) is 12.1. The molecular formula is C18H17BrFNO3S. The lowest BCUT2D eigenvalue weighted by atomic mass is 10.1. The van der Waals surface area contributed by atoms with Crippen LogP contribution >= 0.6 is 15.9 Å². The Morgan fingerprint density at radius 1 is 1.04 bits per heavy atom. The number of rotatable bonds is 3. The first-order valence-electron chi connectivity index (χ1n) is 7.93. The highest BCUT2D eigenvalue weighted by Gasteiger charge is 2.33. The molecule has 1 aliphatic heterocycles. The van der Waals surface area contributed by atoms with Crippen LogP contribution in [0.5, 0.6) is 0 Å². The summed E-state index contributed by atoms with van der Waals surface area (Å²) < 4.78 is 39.1. The molecule has 0 bridgehead atoms. The highest BCUT2D eigenvalue weighted by molar-refractivity contribution is 9.10. The Morgan fingerprint density at radius 3 is 2.24 bits per heavy atom. The van der Waals surface area contributed by atoms with E-state index in [2.05, 4.69) is 15.9 Å². The number of carbonyl (C=O) groups excluding carboxylic acids is 1. The molecule has 0 aliphatic carbocycles. The maximum atomic E-state index is 13.0. The van der Waals surface area contributed by atoms with Crippen LogP contribution in [0.2, 0.25) is 0 Å². The Hall–Kier alpha value is -1.73. The lowest BCUT2D eigenvalue weighted by Gasteiger charge is -2.32. The molecule has 2 aromatic carbocycles. The van der Waals surface area contributed by atoms with E-state index in [1.165, 1.54) is 12.1 Å². The number of carbonyl (C=O) groups is 1. The van der Waals surface area contributed by atoms with Gasteiger partial charge in [0.15, 0.2) is 9.84 Å². The van der Waals surface area contributed by atoms with Crippen molar-refractivity contribution < 1.29 is 17.6 Å². The maximum absolute atomic E-state index is 13.0. The second-order valence-electron chi connectivity index (χ2n) is 5.97. The minimum absolute atomic E-state index is 0.106. The lowest BCUT2D eigenvalue weighted by Crippen LogP contribution is -2.42. The smallest absolute Gasteiger partial charge is 0.254 e. The summed E-state index contributed by atoms with van der Waals surface area (Å²) in [6.45, 7) is 0.760. The van der Waals surface area contributed by atoms with Gasteiger partial charge in [-0.25, -0.2) is 12.8 Å². The van der Waals surface area contributed by atoms with Crippen molar-refractivity contribution in [1.82, 2.24) is 4.90 Å². The van der Waals surface area contributed by atoms with E-state index in [9.17, 15) is 17.6 Å². The first-order chi connectivity index (χ1) is 11.9. The molecular weight excluding hydrogens is 409 g/mol. The van der Waals surface area contributed by atoms with E-state index in [4.69, 9.17) is 0 Å². The SMILES string of the molecule is O=C(c1ccccc1Br)N1CCC(S(=O)(=O)c2ccc(F)cc2)CC1. The molecule has 1 amide bonds. The second kappa shape index (κ2) is 7.25. The molecule has 1 saturated heterocycles. The van der Waals surface area contributed by atoms with Gasteiger partial charge in [0.25, 0.3) is 5.91 Å². The van der Waals surface area contributed by atoms with Crippen molar-refractivity contribution >= 4 is 31.7 Å².